The molecule has 0 saturated carbocycles. The first-order chi connectivity index (χ1) is 10.8. The van der Waals surface area contributed by atoms with Gasteiger partial charge in [-0.25, -0.2) is 9.50 Å². The van der Waals surface area contributed by atoms with Crippen LogP contribution in [0.4, 0.5) is 5.82 Å². The van der Waals surface area contributed by atoms with E-state index in [1.807, 2.05) is 43.6 Å². The third kappa shape index (κ3) is 2.08. The SMILES string of the molecule is Cn1cc2c(n1)c(N/N=C/c1ccccc1)nn1ccnc21. The third-order valence-electron chi connectivity index (χ3n) is 3.31. The molecule has 108 valence electrons. The van der Waals surface area contributed by atoms with Gasteiger partial charge in [-0.15, -0.1) is 5.10 Å². The molecule has 0 unspecified atom stereocenters. The smallest absolute Gasteiger partial charge is 0.195 e. The Bertz CT molecular complexity index is 966. The van der Waals surface area contributed by atoms with E-state index in [1.54, 1.807) is 27.8 Å². The lowest BCUT2D eigenvalue weighted by Gasteiger charge is -2.02. The Kier molecular flexibility index (Phi) is 2.82. The van der Waals surface area contributed by atoms with Crippen LogP contribution < -0.4 is 5.43 Å². The van der Waals surface area contributed by atoms with Gasteiger partial charge in [-0.2, -0.15) is 10.2 Å². The monoisotopic (exact) mass is 291 g/mol. The highest BCUT2D eigenvalue weighted by atomic mass is 15.4. The summed E-state index contributed by atoms with van der Waals surface area (Å²) in [6, 6.07) is 9.86. The number of nitrogens with one attached hydrogen (secondary N) is 1. The van der Waals surface area contributed by atoms with Gasteiger partial charge in [-0.1, -0.05) is 30.3 Å². The molecule has 0 spiro atoms. The van der Waals surface area contributed by atoms with Gasteiger partial charge in [0.1, 0.15) is 5.52 Å². The maximum absolute atomic E-state index is 4.46. The molecule has 1 N–H and O–H groups in total. The van der Waals surface area contributed by atoms with Crippen molar-refractivity contribution in [3.05, 3.63) is 54.5 Å². The number of hydrogen-bond donors (Lipinski definition) is 1. The Hall–Kier alpha value is -3.22. The van der Waals surface area contributed by atoms with Gasteiger partial charge in [0.15, 0.2) is 11.5 Å². The molecule has 0 atom stereocenters. The average molecular weight is 291 g/mol. The first-order valence-corrected chi connectivity index (χ1v) is 6.82. The molecular formula is C15H13N7. The molecule has 0 bridgehead atoms. The van der Waals surface area contributed by atoms with Crippen LogP contribution >= 0.6 is 0 Å². The van der Waals surface area contributed by atoms with Crippen LogP contribution in [0.2, 0.25) is 0 Å². The highest BCUT2D eigenvalue weighted by Gasteiger charge is 2.12. The minimum Gasteiger partial charge on any atom is -0.274 e. The highest BCUT2D eigenvalue weighted by Crippen LogP contribution is 2.22. The normalized spacial score (nSPS) is 11.7. The van der Waals surface area contributed by atoms with E-state index in [0.29, 0.717) is 5.82 Å². The zero-order chi connectivity index (χ0) is 14.9. The van der Waals surface area contributed by atoms with Crippen LogP contribution in [-0.2, 0) is 7.05 Å². The van der Waals surface area contributed by atoms with Crippen molar-refractivity contribution in [2.45, 2.75) is 0 Å². The number of anilines is 1. The Morgan fingerprint density at radius 2 is 2.05 bits per heavy atom. The molecule has 0 fully saturated rings. The lowest BCUT2D eigenvalue weighted by molar-refractivity contribution is 0.779. The zero-order valence-corrected chi connectivity index (χ0v) is 11.9. The fourth-order valence-electron chi connectivity index (χ4n) is 2.33. The minimum absolute atomic E-state index is 0.591. The van der Waals surface area contributed by atoms with Gasteiger partial charge in [0, 0.05) is 25.6 Å². The largest absolute Gasteiger partial charge is 0.274 e. The summed E-state index contributed by atoms with van der Waals surface area (Å²) in [5.74, 6) is 0.591. The predicted octanol–water partition coefficient (Wildman–Crippen LogP) is 2.06. The van der Waals surface area contributed by atoms with Gasteiger partial charge in [-0.3, -0.25) is 10.1 Å². The maximum Gasteiger partial charge on any atom is 0.195 e. The van der Waals surface area contributed by atoms with Crippen LogP contribution in [0.3, 0.4) is 0 Å². The van der Waals surface area contributed by atoms with E-state index in [9.17, 15) is 0 Å². The minimum atomic E-state index is 0.591. The zero-order valence-electron chi connectivity index (χ0n) is 11.9. The molecule has 0 radical (unpaired) electrons. The van der Waals surface area contributed by atoms with E-state index in [0.717, 1.165) is 22.1 Å². The standard InChI is InChI=1S/C15H13N7/c1-21-10-12-13(19-21)14(20-22-8-7-16-15(12)22)18-17-9-11-5-3-2-4-6-11/h2-10H,1H3,(H,18,20)/b17-9+. The number of nitrogens with zero attached hydrogens (tertiary/aromatic N) is 6. The number of aromatic nitrogens is 5. The molecule has 0 amide bonds. The van der Waals surface area contributed by atoms with Crippen LogP contribution in [-0.4, -0.2) is 30.6 Å². The van der Waals surface area contributed by atoms with Gasteiger partial charge >= 0.3 is 0 Å². The van der Waals surface area contributed by atoms with E-state index in [1.165, 1.54) is 0 Å². The van der Waals surface area contributed by atoms with Gasteiger partial charge < -0.3 is 0 Å². The Balaban J connectivity index is 1.75. The first kappa shape index (κ1) is 12.5. The number of fused-ring (bicyclic) bond motifs is 3. The first-order valence-electron chi connectivity index (χ1n) is 6.82. The fourth-order valence-corrected chi connectivity index (χ4v) is 2.33. The summed E-state index contributed by atoms with van der Waals surface area (Å²) in [4.78, 5) is 4.31. The van der Waals surface area contributed by atoms with Crippen molar-refractivity contribution >= 4 is 28.6 Å². The Morgan fingerprint density at radius 3 is 2.91 bits per heavy atom. The van der Waals surface area contributed by atoms with Crippen molar-refractivity contribution < 1.29 is 0 Å². The summed E-state index contributed by atoms with van der Waals surface area (Å²) in [5, 5.41) is 14.1. The van der Waals surface area contributed by atoms with Crippen LogP contribution in [0.1, 0.15) is 5.56 Å². The van der Waals surface area contributed by atoms with Crippen molar-refractivity contribution in [2.75, 3.05) is 5.43 Å². The number of rotatable bonds is 3. The summed E-state index contributed by atoms with van der Waals surface area (Å²) < 4.78 is 3.46. The Labute approximate surface area is 125 Å². The van der Waals surface area contributed by atoms with Crippen molar-refractivity contribution in [2.24, 2.45) is 12.1 Å². The molecule has 22 heavy (non-hydrogen) atoms. The number of benzene rings is 1. The second kappa shape index (κ2) is 4.96. The highest BCUT2D eigenvalue weighted by molar-refractivity contribution is 5.97. The third-order valence-corrected chi connectivity index (χ3v) is 3.31. The molecule has 7 nitrogen and oxygen atoms in total. The van der Waals surface area contributed by atoms with E-state index in [4.69, 9.17) is 0 Å². The Morgan fingerprint density at radius 1 is 1.18 bits per heavy atom. The van der Waals surface area contributed by atoms with Crippen LogP contribution in [0, 0.1) is 0 Å². The van der Waals surface area contributed by atoms with Gasteiger partial charge in [-0.05, 0) is 5.56 Å². The number of hydrazone groups is 1. The number of imidazole rings is 1. The fraction of sp³-hybridized carbons (Fsp3) is 0.0667. The molecule has 0 aliphatic carbocycles. The van der Waals surface area contributed by atoms with Crippen molar-refractivity contribution in [3.8, 4) is 0 Å². The number of aryl methyl sites for hydroxylation is 1. The predicted molar refractivity (Wildman–Crippen MR) is 84.9 cm³/mol. The summed E-state index contributed by atoms with van der Waals surface area (Å²) >= 11 is 0. The van der Waals surface area contributed by atoms with Crippen molar-refractivity contribution in [3.63, 3.8) is 0 Å². The van der Waals surface area contributed by atoms with Crippen molar-refractivity contribution in [1.29, 1.82) is 0 Å². The van der Waals surface area contributed by atoms with Gasteiger partial charge in [0.25, 0.3) is 0 Å². The van der Waals surface area contributed by atoms with E-state index in [-0.39, 0.29) is 0 Å². The quantitative estimate of drug-likeness (QED) is 0.463. The summed E-state index contributed by atoms with van der Waals surface area (Å²) in [6.45, 7) is 0. The second-order valence-corrected chi connectivity index (χ2v) is 4.89. The molecule has 0 aliphatic rings. The maximum atomic E-state index is 4.46. The lowest BCUT2D eigenvalue weighted by atomic mass is 10.2. The summed E-state index contributed by atoms with van der Waals surface area (Å²) in [6.07, 6.45) is 7.18. The molecule has 1 aromatic carbocycles. The van der Waals surface area contributed by atoms with Crippen LogP contribution in [0.5, 0.6) is 0 Å². The molecule has 3 aromatic heterocycles. The van der Waals surface area contributed by atoms with Crippen LogP contribution in [0.25, 0.3) is 16.6 Å². The lowest BCUT2D eigenvalue weighted by Crippen LogP contribution is -2.00. The molecule has 4 rings (SSSR count). The van der Waals surface area contributed by atoms with E-state index in [2.05, 4.69) is 25.7 Å². The summed E-state index contributed by atoms with van der Waals surface area (Å²) in [7, 11) is 1.87. The second-order valence-electron chi connectivity index (χ2n) is 4.89. The topological polar surface area (TPSA) is 72.4 Å². The van der Waals surface area contributed by atoms with E-state index >= 15 is 0 Å². The van der Waals surface area contributed by atoms with Crippen molar-refractivity contribution in [1.82, 2.24) is 24.4 Å². The van der Waals surface area contributed by atoms with Gasteiger partial charge in [0.2, 0.25) is 0 Å². The number of hydrogen-bond acceptors (Lipinski definition) is 5. The molecule has 4 aromatic rings. The molecule has 0 saturated heterocycles. The van der Waals surface area contributed by atoms with Crippen LogP contribution in [0.15, 0.2) is 54.0 Å². The molecule has 7 heteroatoms. The average Bonchev–Trinajstić information content (AvgIpc) is 3.13. The van der Waals surface area contributed by atoms with Gasteiger partial charge in [0.05, 0.1) is 11.6 Å². The molecule has 3 heterocycles. The molecular weight excluding hydrogens is 278 g/mol. The molecule has 0 aliphatic heterocycles. The van der Waals surface area contributed by atoms with E-state index < -0.39 is 0 Å². The summed E-state index contributed by atoms with van der Waals surface area (Å²) in [5.41, 5.74) is 5.50.